The summed E-state index contributed by atoms with van der Waals surface area (Å²) in [6.07, 6.45) is -0.0530. The van der Waals surface area contributed by atoms with Crippen molar-refractivity contribution in [3.05, 3.63) is 339 Å². The van der Waals surface area contributed by atoms with Gasteiger partial charge >= 0.3 is 0 Å². The van der Waals surface area contributed by atoms with Crippen molar-refractivity contribution >= 4 is 191 Å². The Morgan fingerprint density at radius 1 is 0.357 bits per heavy atom. The standard InChI is InChI=1S/C18H18Br2N2.C18H20Br2N2.2C17H14Br2O3.C17H14Br2O.C16H14Br2O3/c1-21-6-8-22(9-7-21)18-16-10-12(19)2-4-14(16)15-5-3-13(20)11-17(15)18;1-21(2)8-9-22(3)18-16-10-12(19)4-6-14(16)15-7-5-13(20)11-17(15)18;2*18-9-1-3-11-12-4-2-10(19)6-14(12)17(13(11)5-9)7-15(20)16(21)8-22-17;18-11-3-5-13-14-6-4-12(19)10-16(14)17(15(13)9-11)7-1-2-8-20-17;17-9-1-3-12-13-4-2-10(18)6-15(13)16(21,14(12)5-9)7-11(20)8-19/h2-5,10-11,18H,6-9H2,1H3;4-7,10-11,18H,8-9H2,1-3H3;2*1-6,15-16,20-21H,7-8H2;3-6,9-10H,1-2,7-8H2;1-6,11,19-21H,7-8H2/t;;2*15-,16+;;/m..10../s1. The largest absolute Gasteiger partial charge is 0.394 e. The molecule has 0 bridgehead atoms. The molecule has 129 heavy (non-hydrogen) atoms. The number of hydrogen-bond donors (Lipinski definition) is 7. The van der Waals surface area contributed by atoms with Crippen molar-refractivity contribution in [3.63, 3.8) is 0 Å². The summed E-state index contributed by atoms with van der Waals surface area (Å²) in [6, 6.07) is 76.5. The molecule has 1 unspecified atom stereocenters. The van der Waals surface area contributed by atoms with Gasteiger partial charge in [-0.25, -0.2) is 0 Å². The Balaban J connectivity index is 0.000000109. The van der Waals surface area contributed by atoms with Crippen molar-refractivity contribution in [2.75, 3.05) is 93.9 Å². The van der Waals surface area contributed by atoms with Crippen LogP contribution < -0.4 is 0 Å². The lowest BCUT2D eigenvalue weighted by molar-refractivity contribution is -0.157. The first-order chi connectivity index (χ1) is 61.8. The van der Waals surface area contributed by atoms with Gasteiger partial charge in [0.2, 0.25) is 0 Å². The number of benzene rings is 12. The molecule has 4 heterocycles. The average Bonchev–Trinajstić information content (AvgIpc) is 1.52. The predicted molar refractivity (Wildman–Crippen MR) is 556 cm³/mol. The van der Waals surface area contributed by atoms with E-state index in [2.05, 4.69) is 372 Å². The number of rotatable bonds is 8. The molecule has 4 saturated heterocycles. The van der Waals surface area contributed by atoms with Gasteiger partial charge in [-0.2, -0.15) is 0 Å². The van der Waals surface area contributed by atoms with Crippen molar-refractivity contribution in [1.29, 1.82) is 0 Å². The maximum Gasteiger partial charge on any atom is 0.122 e. The predicted octanol–water partition coefficient (Wildman–Crippen LogP) is 25.3. The number of aliphatic hydroxyl groups excluding tert-OH is 6. The summed E-state index contributed by atoms with van der Waals surface area (Å²) in [6.45, 7) is 7.34. The molecule has 0 aromatic heterocycles. The molecule has 6 aliphatic carbocycles. The van der Waals surface area contributed by atoms with Crippen LogP contribution in [0.25, 0.3) is 66.8 Å². The van der Waals surface area contributed by atoms with Crippen LogP contribution in [0.2, 0.25) is 0 Å². The highest BCUT2D eigenvalue weighted by Gasteiger charge is 2.53. The van der Waals surface area contributed by atoms with Gasteiger partial charge in [0.1, 0.15) is 34.6 Å². The fourth-order valence-electron chi connectivity index (χ4n) is 20.3. The third kappa shape index (κ3) is 19.1. The van der Waals surface area contributed by atoms with Gasteiger partial charge in [-0.05, 0) is 327 Å². The summed E-state index contributed by atoms with van der Waals surface area (Å²) in [5.41, 5.74) is 25.5. The number of halogens is 12. The third-order valence-corrected chi connectivity index (χ3v) is 32.4. The van der Waals surface area contributed by atoms with Crippen LogP contribution >= 0.6 is 191 Å². The second-order valence-corrected chi connectivity index (χ2v) is 45.8. The van der Waals surface area contributed by atoms with Gasteiger partial charge in [-0.1, -0.05) is 264 Å². The van der Waals surface area contributed by atoms with E-state index in [0.29, 0.717) is 24.9 Å². The molecule has 0 saturated carbocycles. The van der Waals surface area contributed by atoms with E-state index in [1.54, 1.807) is 0 Å². The molecule has 7 N–H and O–H groups in total. The van der Waals surface area contributed by atoms with Crippen molar-refractivity contribution in [1.82, 2.24) is 19.6 Å². The molecule has 4 fully saturated rings. The molecule has 12 aromatic rings. The molecule has 0 radical (unpaired) electrons. The Morgan fingerprint density at radius 2 is 0.643 bits per heavy atom. The van der Waals surface area contributed by atoms with Crippen LogP contribution in [0, 0.1) is 0 Å². The van der Waals surface area contributed by atoms with E-state index in [-0.39, 0.29) is 31.8 Å². The lowest BCUT2D eigenvalue weighted by atomic mass is 9.82. The number of hydrogen-bond acceptors (Lipinski definition) is 14. The number of piperazine rings is 1. The highest BCUT2D eigenvalue weighted by atomic mass is 79.9. The van der Waals surface area contributed by atoms with E-state index in [0.717, 1.165) is 179 Å². The third-order valence-electron chi connectivity index (χ3n) is 26.5. The number of nitrogens with zero attached hydrogens (tertiary/aromatic N) is 4. The van der Waals surface area contributed by atoms with Gasteiger partial charge < -0.3 is 59.8 Å². The van der Waals surface area contributed by atoms with Crippen LogP contribution in [-0.2, 0) is 36.6 Å². The molecular formula is C103H94Br12N4O10. The van der Waals surface area contributed by atoms with Crippen LogP contribution in [0.4, 0.5) is 0 Å². The topological polar surface area (TPSA) is 182 Å². The van der Waals surface area contributed by atoms with Gasteiger partial charge in [0.05, 0.1) is 50.2 Å². The van der Waals surface area contributed by atoms with Crippen LogP contribution in [0.3, 0.4) is 0 Å². The van der Waals surface area contributed by atoms with Crippen molar-refractivity contribution in [2.24, 2.45) is 0 Å². The molecule has 10 aliphatic rings. The molecule has 3 spiro atoms. The first-order valence-electron chi connectivity index (χ1n) is 42.8. The Kier molecular flexibility index (Phi) is 30.0. The summed E-state index contributed by atoms with van der Waals surface area (Å²) in [5.74, 6) is 0. The normalized spacial score (nSPS) is 19.8. The van der Waals surface area contributed by atoms with Crippen LogP contribution in [0.15, 0.2) is 272 Å². The quantitative estimate of drug-likeness (QED) is 0.0763. The Bertz CT molecular complexity index is 5830. The van der Waals surface area contributed by atoms with Crippen molar-refractivity contribution in [3.8, 4) is 66.8 Å². The monoisotopic (exact) mass is 2490 g/mol. The second-order valence-electron chi connectivity index (χ2n) is 34.9. The van der Waals surface area contributed by atoms with Crippen LogP contribution in [0.1, 0.15) is 117 Å². The fourth-order valence-corrected chi connectivity index (χ4v) is 24.7. The molecule has 5 atom stereocenters. The lowest BCUT2D eigenvalue weighted by Gasteiger charge is -2.40. The van der Waals surface area contributed by atoms with Gasteiger partial charge in [0.25, 0.3) is 0 Å². The molecule has 26 heteroatoms. The Labute approximate surface area is 854 Å². The minimum atomic E-state index is -1.31. The van der Waals surface area contributed by atoms with E-state index in [4.69, 9.17) is 19.3 Å². The Hall–Kier alpha value is -4.16. The molecule has 12 aromatic carbocycles. The van der Waals surface area contributed by atoms with E-state index in [1.165, 1.54) is 73.2 Å². The zero-order chi connectivity index (χ0) is 91.0. The summed E-state index contributed by atoms with van der Waals surface area (Å²) in [5, 5.41) is 70.4. The second kappa shape index (κ2) is 40.1. The van der Waals surface area contributed by atoms with E-state index < -0.39 is 47.3 Å². The highest BCUT2D eigenvalue weighted by molar-refractivity contribution is 9.12. The number of aliphatic hydroxyl groups is 7. The van der Waals surface area contributed by atoms with Gasteiger partial charge in [0.15, 0.2) is 0 Å². The van der Waals surface area contributed by atoms with Gasteiger partial charge in [0, 0.05) is 119 Å². The summed E-state index contributed by atoms with van der Waals surface area (Å²) in [4.78, 5) is 9.72. The summed E-state index contributed by atoms with van der Waals surface area (Å²) in [7, 11) is 8.67. The highest BCUT2D eigenvalue weighted by Crippen LogP contribution is 2.60. The summed E-state index contributed by atoms with van der Waals surface area (Å²) >= 11 is 42.7. The zero-order valence-corrected chi connectivity index (χ0v) is 89.9. The first-order valence-corrected chi connectivity index (χ1v) is 52.3. The van der Waals surface area contributed by atoms with Gasteiger partial charge in [-0.15, -0.1) is 0 Å². The van der Waals surface area contributed by atoms with Crippen molar-refractivity contribution in [2.45, 2.75) is 104 Å². The maximum absolute atomic E-state index is 11.2. The molecule has 670 valence electrons. The fraction of sp³-hybridized carbons (Fsp3) is 0.301. The average molecular weight is 2510 g/mol. The van der Waals surface area contributed by atoms with Crippen LogP contribution in [-0.4, -0.2) is 180 Å². The van der Waals surface area contributed by atoms with Crippen LogP contribution in [0.5, 0.6) is 0 Å². The minimum Gasteiger partial charge on any atom is -0.394 e. The van der Waals surface area contributed by atoms with E-state index in [1.807, 2.05) is 84.9 Å². The molecular weight excluding hydrogens is 2410 g/mol. The lowest BCUT2D eigenvalue weighted by Crippen LogP contribution is -2.47. The zero-order valence-electron chi connectivity index (χ0n) is 70.8. The number of likely N-dealkylation sites (N-methyl/N-ethyl adjacent to an activating group) is 3. The van der Waals surface area contributed by atoms with E-state index in [9.17, 15) is 30.6 Å². The minimum absolute atomic E-state index is 0.0520. The molecule has 14 nitrogen and oxygen atoms in total. The van der Waals surface area contributed by atoms with Crippen molar-refractivity contribution < 1.29 is 50.0 Å². The molecule has 4 aliphatic heterocycles. The summed E-state index contributed by atoms with van der Waals surface area (Å²) < 4.78 is 31.1. The smallest absolute Gasteiger partial charge is 0.122 e. The molecule has 22 rings (SSSR count). The molecule has 0 amide bonds. The first kappa shape index (κ1) is 96.5. The van der Waals surface area contributed by atoms with E-state index >= 15 is 0 Å². The van der Waals surface area contributed by atoms with Gasteiger partial charge in [-0.3, -0.25) is 9.80 Å². The number of ether oxygens (including phenoxy) is 3. The maximum atomic E-state index is 11.2. The SMILES string of the molecule is Brc1ccc2c(c1)C1(CCCCO1)c1cc(Br)ccc1-2.CN(C)CCN(C)C1c2cc(Br)ccc2-c2ccc(Br)cc21.CN1CCN(C2c3cc(Br)ccc3-c3ccc(Br)cc32)CC1.OCC(O)CC1(O)c2cc(Br)ccc2-c2ccc(Br)cc21.O[C@@H]1CC2(OC[C@@H]1O)c1cc(Br)ccc1-c1ccc(Br)cc12.O[C@@H]1COC2(C[C@@H]1O)c1cc(Br)ccc1-c1ccc(Br)cc12. The Morgan fingerprint density at radius 3 is 0.946 bits per heavy atom. The number of fused-ring (bicyclic) bond motifs is 24.